The van der Waals surface area contributed by atoms with Crippen molar-refractivity contribution in [2.24, 2.45) is 11.3 Å². The van der Waals surface area contributed by atoms with E-state index < -0.39 is 0 Å². The molecule has 0 heteroatoms. The summed E-state index contributed by atoms with van der Waals surface area (Å²) >= 11 is 0. The Kier molecular flexibility index (Phi) is 0.862. The number of rotatable bonds is 0. The minimum atomic E-state index is 0.470. The van der Waals surface area contributed by atoms with Gasteiger partial charge in [0.05, 0.1) is 0 Å². The van der Waals surface area contributed by atoms with Gasteiger partial charge in [-0.3, -0.25) is 0 Å². The van der Waals surface area contributed by atoms with Gasteiger partial charge in [0.15, 0.2) is 0 Å². The van der Waals surface area contributed by atoms with Crippen LogP contribution in [-0.4, -0.2) is 0 Å². The molecule has 0 aromatic rings. The normalized spacial score (nSPS) is 34.0. The molecule has 0 aromatic carbocycles. The third kappa shape index (κ3) is 0.484. The summed E-state index contributed by atoms with van der Waals surface area (Å²) in [6.45, 7) is 9.17. The summed E-state index contributed by atoms with van der Waals surface area (Å²) in [5.41, 5.74) is 5.32. The average molecular weight is 134 g/mol. The average Bonchev–Trinajstić information content (AvgIpc) is 2.17. The molecular weight excluding hydrogens is 120 g/mol. The molecule has 0 saturated carbocycles. The van der Waals surface area contributed by atoms with Gasteiger partial charge >= 0.3 is 0 Å². The van der Waals surface area contributed by atoms with E-state index in [4.69, 9.17) is 0 Å². The fourth-order valence-corrected chi connectivity index (χ4v) is 2.54. The van der Waals surface area contributed by atoms with Crippen LogP contribution in [0.1, 0.15) is 27.7 Å². The lowest BCUT2D eigenvalue weighted by molar-refractivity contribution is 0.617. The Bertz CT molecular complexity index is 251. The van der Waals surface area contributed by atoms with Crippen LogP contribution >= 0.6 is 0 Å². The van der Waals surface area contributed by atoms with Gasteiger partial charge in [-0.2, -0.15) is 0 Å². The second-order valence-electron chi connectivity index (χ2n) is 4.05. The summed E-state index contributed by atoms with van der Waals surface area (Å²) < 4.78 is 0. The Morgan fingerprint density at radius 2 is 2.00 bits per heavy atom. The van der Waals surface area contributed by atoms with Crippen molar-refractivity contribution in [1.29, 1.82) is 0 Å². The summed E-state index contributed by atoms with van der Waals surface area (Å²) in [4.78, 5) is 0. The van der Waals surface area contributed by atoms with E-state index in [-0.39, 0.29) is 0 Å². The highest BCUT2D eigenvalue weighted by Crippen LogP contribution is 2.62. The van der Waals surface area contributed by atoms with Crippen LogP contribution in [-0.2, 0) is 0 Å². The minimum Gasteiger partial charge on any atom is -0.0743 e. The lowest BCUT2D eigenvalue weighted by atomic mass is 9.91. The van der Waals surface area contributed by atoms with E-state index in [2.05, 4.69) is 33.8 Å². The summed E-state index contributed by atoms with van der Waals surface area (Å²) in [5.74, 6) is 0.727. The van der Waals surface area contributed by atoms with Crippen molar-refractivity contribution in [3.8, 4) is 0 Å². The van der Waals surface area contributed by atoms with Crippen LogP contribution in [0.25, 0.3) is 0 Å². The fourth-order valence-electron chi connectivity index (χ4n) is 2.54. The molecule has 1 atom stereocenters. The Labute approximate surface area is 62.6 Å². The smallest absolute Gasteiger partial charge is 0.0120 e. The van der Waals surface area contributed by atoms with Gasteiger partial charge in [-0.1, -0.05) is 32.4 Å². The molecule has 10 heavy (non-hydrogen) atoms. The molecule has 0 heterocycles. The summed E-state index contributed by atoms with van der Waals surface area (Å²) in [7, 11) is 0. The minimum absolute atomic E-state index is 0.470. The van der Waals surface area contributed by atoms with E-state index in [1.807, 2.05) is 0 Å². The molecule has 2 aliphatic carbocycles. The summed E-state index contributed by atoms with van der Waals surface area (Å²) in [6, 6.07) is 0. The molecule has 54 valence electrons. The van der Waals surface area contributed by atoms with Crippen molar-refractivity contribution >= 4 is 0 Å². The lowest BCUT2D eigenvalue weighted by Gasteiger charge is -2.13. The molecule has 1 unspecified atom stereocenters. The summed E-state index contributed by atoms with van der Waals surface area (Å²) in [6.07, 6.45) is 2.37. The quantitative estimate of drug-likeness (QED) is 0.478. The van der Waals surface area contributed by atoms with Gasteiger partial charge in [-0.05, 0) is 24.0 Å². The maximum atomic E-state index is 2.37. The lowest BCUT2D eigenvalue weighted by Crippen LogP contribution is -2.02. The van der Waals surface area contributed by atoms with Crippen molar-refractivity contribution < 1.29 is 0 Å². The highest BCUT2D eigenvalue weighted by atomic mass is 14.5. The standard InChI is InChI=1S/C10H14/c1-6-5-7(2)9-8(6)10(9,3)4/h5-6H,1-4H3. The topological polar surface area (TPSA) is 0 Å². The third-order valence-corrected chi connectivity index (χ3v) is 2.85. The van der Waals surface area contributed by atoms with E-state index >= 15 is 0 Å². The molecule has 0 spiro atoms. The van der Waals surface area contributed by atoms with Crippen LogP contribution < -0.4 is 0 Å². The second kappa shape index (κ2) is 1.39. The van der Waals surface area contributed by atoms with Crippen molar-refractivity contribution in [3.63, 3.8) is 0 Å². The van der Waals surface area contributed by atoms with E-state index in [0.29, 0.717) is 5.41 Å². The zero-order valence-electron chi connectivity index (χ0n) is 7.15. The molecule has 0 aliphatic heterocycles. The van der Waals surface area contributed by atoms with Gasteiger partial charge in [0.2, 0.25) is 0 Å². The van der Waals surface area contributed by atoms with Crippen LogP contribution in [0.15, 0.2) is 22.8 Å². The van der Waals surface area contributed by atoms with Crippen LogP contribution in [0, 0.1) is 11.3 Å². The zero-order valence-corrected chi connectivity index (χ0v) is 7.15. The molecule has 0 radical (unpaired) electrons. The first kappa shape index (κ1) is 6.21. The van der Waals surface area contributed by atoms with Crippen molar-refractivity contribution in [1.82, 2.24) is 0 Å². The molecule has 0 nitrogen and oxygen atoms in total. The SMILES string of the molecule is CC1=CC(C)C2=C1C2(C)C. The van der Waals surface area contributed by atoms with Crippen molar-refractivity contribution in [2.45, 2.75) is 27.7 Å². The van der Waals surface area contributed by atoms with Gasteiger partial charge in [-0.15, -0.1) is 0 Å². The van der Waals surface area contributed by atoms with Crippen molar-refractivity contribution in [2.75, 3.05) is 0 Å². The zero-order chi connectivity index (χ0) is 7.52. The first-order chi connectivity index (χ1) is 4.55. The molecule has 0 N–H and O–H groups in total. The number of hydrogen-bond acceptors (Lipinski definition) is 0. The van der Waals surface area contributed by atoms with Crippen molar-refractivity contribution in [3.05, 3.63) is 22.8 Å². The van der Waals surface area contributed by atoms with Gasteiger partial charge in [0.1, 0.15) is 0 Å². The molecule has 0 bridgehead atoms. The van der Waals surface area contributed by atoms with Crippen LogP contribution in [0.2, 0.25) is 0 Å². The highest BCUT2D eigenvalue weighted by Gasteiger charge is 2.50. The van der Waals surface area contributed by atoms with Gasteiger partial charge in [0, 0.05) is 5.41 Å². The molecule has 2 rings (SSSR count). The van der Waals surface area contributed by atoms with Crippen LogP contribution in [0.3, 0.4) is 0 Å². The Morgan fingerprint density at radius 1 is 1.40 bits per heavy atom. The second-order valence-corrected chi connectivity index (χ2v) is 4.05. The third-order valence-electron chi connectivity index (χ3n) is 2.85. The predicted molar refractivity (Wildman–Crippen MR) is 43.7 cm³/mol. The molecule has 0 amide bonds. The monoisotopic (exact) mass is 134 g/mol. The Balaban J connectivity index is 2.38. The van der Waals surface area contributed by atoms with Gasteiger partial charge in [0.25, 0.3) is 0 Å². The van der Waals surface area contributed by atoms with E-state index in [1.165, 1.54) is 5.57 Å². The highest BCUT2D eigenvalue weighted by molar-refractivity contribution is 5.64. The predicted octanol–water partition coefficient (Wildman–Crippen LogP) is 2.92. The molecule has 0 aromatic heterocycles. The maximum Gasteiger partial charge on any atom is 0.0120 e. The van der Waals surface area contributed by atoms with E-state index in [9.17, 15) is 0 Å². The maximum absolute atomic E-state index is 2.37. The summed E-state index contributed by atoms with van der Waals surface area (Å²) in [5, 5.41) is 0. The molecular formula is C10H14. The first-order valence-electron chi connectivity index (χ1n) is 3.99. The van der Waals surface area contributed by atoms with E-state index in [0.717, 1.165) is 5.92 Å². The van der Waals surface area contributed by atoms with Crippen LogP contribution in [0.4, 0.5) is 0 Å². The van der Waals surface area contributed by atoms with E-state index in [1.54, 1.807) is 11.1 Å². The Morgan fingerprint density at radius 3 is 2.20 bits per heavy atom. The van der Waals surface area contributed by atoms with Gasteiger partial charge < -0.3 is 0 Å². The largest absolute Gasteiger partial charge is 0.0743 e. The number of hydrogen-bond donors (Lipinski definition) is 0. The molecule has 0 fully saturated rings. The van der Waals surface area contributed by atoms with Crippen LogP contribution in [0.5, 0.6) is 0 Å². The number of allylic oxidation sites excluding steroid dienone is 4. The Hall–Kier alpha value is -0.520. The molecule has 0 saturated heterocycles. The fraction of sp³-hybridized carbons (Fsp3) is 0.600. The van der Waals surface area contributed by atoms with Gasteiger partial charge in [-0.25, -0.2) is 0 Å². The molecule has 2 aliphatic rings. The first-order valence-corrected chi connectivity index (χ1v) is 3.99.